The molecule has 1 atom stereocenters. The molecule has 0 N–H and O–H groups in total. The molecule has 1 aliphatic rings. The molecular weight excluding hydrogens is 352 g/mol. The van der Waals surface area contributed by atoms with Crippen LogP contribution in [0.15, 0.2) is 53.5 Å². The fourth-order valence-corrected chi connectivity index (χ4v) is 4.06. The molecule has 0 aromatic heterocycles. The summed E-state index contributed by atoms with van der Waals surface area (Å²) >= 11 is 7.91. The van der Waals surface area contributed by atoms with Gasteiger partial charge in [0.05, 0.1) is 22.3 Å². The maximum Gasteiger partial charge on any atom is 0.265 e. The van der Waals surface area contributed by atoms with Gasteiger partial charge in [-0.05, 0) is 36.6 Å². The van der Waals surface area contributed by atoms with Gasteiger partial charge in [0.1, 0.15) is 0 Å². The molecule has 1 heterocycles. The first-order chi connectivity index (χ1) is 12.0. The third-order valence-corrected chi connectivity index (χ3v) is 5.61. The summed E-state index contributed by atoms with van der Waals surface area (Å²) in [5, 5.41) is 1.20. The Balaban J connectivity index is 2.13. The standard InChI is InChI=1S/C20H21ClN2OS/c1-13(2)15-8-5-7-11-18(15)23(20-22-14(3)12-25-20)19(24)16-9-4-6-10-17(16)21/h4-11,13-14H,12H2,1-3H3/t14-/m0/s1. The summed E-state index contributed by atoms with van der Waals surface area (Å²) in [6.07, 6.45) is 0. The van der Waals surface area contributed by atoms with Gasteiger partial charge in [-0.3, -0.25) is 14.7 Å². The molecule has 3 rings (SSSR count). The van der Waals surface area contributed by atoms with Crippen molar-refractivity contribution < 1.29 is 4.79 Å². The topological polar surface area (TPSA) is 32.7 Å². The lowest BCUT2D eigenvalue weighted by Gasteiger charge is -2.26. The van der Waals surface area contributed by atoms with Gasteiger partial charge in [-0.2, -0.15) is 0 Å². The molecule has 1 amide bonds. The second-order valence-corrected chi connectivity index (χ2v) is 7.80. The Morgan fingerprint density at radius 2 is 1.88 bits per heavy atom. The van der Waals surface area contributed by atoms with Crippen molar-refractivity contribution in [1.82, 2.24) is 0 Å². The van der Waals surface area contributed by atoms with Crippen LogP contribution in [0.5, 0.6) is 0 Å². The van der Waals surface area contributed by atoms with E-state index in [9.17, 15) is 4.79 Å². The summed E-state index contributed by atoms with van der Waals surface area (Å²) in [7, 11) is 0. The van der Waals surface area contributed by atoms with E-state index in [1.165, 1.54) is 0 Å². The average Bonchev–Trinajstić information content (AvgIpc) is 3.01. The second kappa shape index (κ2) is 7.63. The minimum atomic E-state index is -0.140. The first-order valence-corrected chi connectivity index (χ1v) is 9.74. The third kappa shape index (κ3) is 3.75. The predicted octanol–water partition coefficient (Wildman–Crippen LogP) is 5.60. The van der Waals surface area contributed by atoms with Crippen LogP contribution in [0.2, 0.25) is 5.02 Å². The van der Waals surface area contributed by atoms with E-state index in [4.69, 9.17) is 11.6 Å². The van der Waals surface area contributed by atoms with Crippen molar-refractivity contribution in [3.05, 3.63) is 64.7 Å². The van der Waals surface area contributed by atoms with Gasteiger partial charge in [0.25, 0.3) is 5.91 Å². The number of halogens is 1. The van der Waals surface area contributed by atoms with Crippen LogP contribution in [0.25, 0.3) is 0 Å². The second-order valence-electron chi connectivity index (χ2n) is 6.41. The molecule has 0 unspecified atom stereocenters. The number of hydrogen-bond acceptors (Lipinski definition) is 3. The lowest BCUT2D eigenvalue weighted by molar-refractivity contribution is 0.100. The zero-order chi connectivity index (χ0) is 18.0. The number of thioether (sulfide) groups is 1. The van der Waals surface area contributed by atoms with Crippen LogP contribution in [0.1, 0.15) is 42.6 Å². The molecule has 130 valence electrons. The largest absolute Gasteiger partial charge is 0.268 e. The van der Waals surface area contributed by atoms with E-state index < -0.39 is 0 Å². The molecule has 2 aromatic rings. The number of nitrogens with zero attached hydrogens (tertiary/aromatic N) is 2. The summed E-state index contributed by atoms with van der Waals surface area (Å²) in [5.41, 5.74) is 2.49. The van der Waals surface area contributed by atoms with Crippen LogP contribution in [0, 0.1) is 0 Å². The summed E-state index contributed by atoms with van der Waals surface area (Å²) in [5.74, 6) is 1.03. The Bertz CT molecular complexity index is 819. The molecule has 0 fully saturated rings. The summed E-state index contributed by atoms with van der Waals surface area (Å²) < 4.78 is 0. The van der Waals surface area contributed by atoms with Crippen LogP contribution < -0.4 is 4.90 Å². The van der Waals surface area contributed by atoms with Gasteiger partial charge >= 0.3 is 0 Å². The van der Waals surface area contributed by atoms with E-state index in [0.717, 1.165) is 22.2 Å². The zero-order valence-corrected chi connectivity index (χ0v) is 16.1. The maximum atomic E-state index is 13.4. The normalized spacial score (nSPS) is 16.8. The number of benzene rings is 2. The van der Waals surface area contributed by atoms with Gasteiger partial charge in [0.2, 0.25) is 0 Å². The molecule has 0 radical (unpaired) electrons. The lowest BCUT2D eigenvalue weighted by Crippen LogP contribution is -2.35. The van der Waals surface area contributed by atoms with Crippen LogP contribution in [-0.4, -0.2) is 22.9 Å². The highest BCUT2D eigenvalue weighted by atomic mass is 35.5. The Labute approximate surface area is 158 Å². The summed E-state index contributed by atoms with van der Waals surface area (Å²) in [6, 6.07) is 15.4. The summed E-state index contributed by atoms with van der Waals surface area (Å²) in [4.78, 5) is 19.8. The molecule has 0 spiro atoms. The monoisotopic (exact) mass is 372 g/mol. The first kappa shape index (κ1) is 18.0. The van der Waals surface area contributed by atoms with Crippen molar-refractivity contribution in [2.24, 2.45) is 4.99 Å². The molecular formula is C20H21ClN2OS. The highest BCUT2D eigenvalue weighted by Gasteiger charge is 2.30. The number of para-hydroxylation sites is 1. The van der Waals surface area contributed by atoms with Crippen LogP contribution in [0.3, 0.4) is 0 Å². The van der Waals surface area contributed by atoms with Crippen molar-refractivity contribution in [3.8, 4) is 0 Å². The van der Waals surface area contributed by atoms with Gasteiger partial charge in [-0.15, -0.1) is 0 Å². The van der Waals surface area contributed by atoms with Gasteiger partial charge in [0.15, 0.2) is 5.17 Å². The van der Waals surface area contributed by atoms with E-state index in [-0.39, 0.29) is 11.9 Å². The SMILES string of the molecule is CC(C)c1ccccc1N(C(=O)c1ccccc1Cl)C1=N[C@@H](C)CS1. The number of aliphatic imine (C=N–C) groups is 1. The maximum absolute atomic E-state index is 13.4. The molecule has 3 nitrogen and oxygen atoms in total. The smallest absolute Gasteiger partial charge is 0.265 e. The summed E-state index contributed by atoms with van der Waals surface area (Å²) in [6.45, 7) is 6.32. The highest BCUT2D eigenvalue weighted by Crippen LogP contribution is 2.33. The number of carbonyl (C=O) groups is 1. The molecule has 1 aliphatic heterocycles. The first-order valence-electron chi connectivity index (χ1n) is 8.37. The van der Waals surface area contributed by atoms with E-state index in [1.54, 1.807) is 28.8 Å². The molecule has 2 aromatic carbocycles. The Kier molecular flexibility index (Phi) is 5.50. The molecule has 0 saturated heterocycles. The van der Waals surface area contributed by atoms with Crippen molar-refractivity contribution in [2.45, 2.75) is 32.7 Å². The molecule has 0 bridgehead atoms. The van der Waals surface area contributed by atoms with E-state index in [0.29, 0.717) is 16.5 Å². The number of carbonyl (C=O) groups excluding carboxylic acids is 1. The minimum absolute atomic E-state index is 0.140. The zero-order valence-electron chi connectivity index (χ0n) is 14.6. The minimum Gasteiger partial charge on any atom is -0.268 e. The van der Waals surface area contributed by atoms with Crippen LogP contribution in [0.4, 0.5) is 5.69 Å². The highest BCUT2D eigenvalue weighted by molar-refractivity contribution is 8.14. The van der Waals surface area contributed by atoms with Crippen LogP contribution >= 0.6 is 23.4 Å². The fourth-order valence-electron chi connectivity index (χ4n) is 2.81. The van der Waals surface area contributed by atoms with E-state index in [2.05, 4.69) is 31.8 Å². The van der Waals surface area contributed by atoms with Crippen molar-refractivity contribution >= 4 is 40.1 Å². The van der Waals surface area contributed by atoms with Gasteiger partial charge in [-0.1, -0.05) is 67.5 Å². The molecule has 0 aliphatic carbocycles. The van der Waals surface area contributed by atoms with E-state index >= 15 is 0 Å². The van der Waals surface area contributed by atoms with Gasteiger partial charge < -0.3 is 0 Å². The van der Waals surface area contributed by atoms with Gasteiger partial charge in [0, 0.05) is 5.75 Å². The Morgan fingerprint density at radius 3 is 2.52 bits per heavy atom. The van der Waals surface area contributed by atoms with Gasteiger partial charge in [-0.25, -0.2) is 0 Å². The third-order valence-electron chi connectivity index (χ3n) is 4.08. The Hall–Kier alpha value is -1.78. The number of hydrogen-bond donors (Lipinski definition) is 0. The number of rotatable bonds is 3. The van der Waals surface area contributed by atoms with Crippen molar-refractivity contribution in [2.75, 3.05) is 10.7 Å². The van der Waals surface area contributed by atoms with Crippen molar-refractivity contribution in [3.63, 3.8) is 0 Å². The number of amidine groups is 1. The molecule has 25 heavy (non-hydrogen) atoms. The lowest BCUT2D eigenvalue weighted by atomic mass is 10.00. The van der Waals surface area contributed by atoms with E-state index in [1.807, 2.05) is 30.3 Å². The fraction of sp³-hybridized carbons (Fsp3) is 0.300. The number of amides is 1. The Morgan fingerprint density at radius 1 is 1.20 bits per heavy atom. The van der Waals surface area contributed by atoms with Crippen LogP contribution in [-0.2, 0) is 0 Å². The van der Waals surface area contributed by atoms with Crippen molar-refractivity contribution in [1.29, 1.82) is 0 Å². The molecule has 5 heteroatoms. The average molecular weight is 373 g/mol. The quantitative estimate of drug-likeness (QED) is 0.702. The predicted molar refractivity (Wildman–Crippen MR) is 108 cm³/mol. The number of anilines is 1. The molecule has 0 saturated carbocycles.